The molecule has 0 aromatic heterocycles. The number of hydrogen-bond acceptors (Lipinski definition) is 2. The minimum absolute atomic E-state index is 0.225. The first-order valence-corrected chi connectivity index (χ1v) is 4.68. The largest absolute Gasteiger partial charge is 0.478 e. The number of alkyl halides is 1. The van der Waals surface area contributed by atoms with Crippen LogP contribution in [0.5, 0.6) is 0 Å². The minimum atomic E-state index is -0.941. The Morgan fingerprint density at radius 1 is 1.54 bits per heavy atom. The van der Waals surface area contributed by atoms with E-state index < -0.39 is 5.97 Å². The average Bonchev–Trinajstić information content (AvgIpc) is 2.06. The molecule has 0 unspecified atom stereocenters. The Morgan fingerprint density at radius 3 is 2.15 bits per heavy atom. The maximum absolute atomic E-state index is 10.5. The van der Waals surface area contributed by atoms with E-state index in [1.165, 1.54) is 6.38 Å². The van der Waals surface area contributed by atoms with Crippen molar-refractivity contribution in [1.29, 1.82) is 0 Å². The van der Waals surface area contributed by atoms with Crippen molar-refractivity contribution >= 4 is 17.6 Å². The van der Waals surface area contributed by atoms with Crippen molar-refractivity contribution < 1.29 is 9.90 Å². The monoisotopic (exact) mass is 207 g/mol. The zero-order valence-corrected chi connectivity index (χ0v) is 9.19. The predicted molar refractivity (Wildman–Crippen MR) is 56.0 cm³/mol. The van der Waals surface area contributed by atoms with Crippen LogP contribution in [-0.4, -0.2) is 24.0 Å². The van der Waals surface area contributed by atoms with Gasteiger partial charge in [0.05, 0.1) is 0 Å². The van der Waals surface area contributed by atoms with E-state index in [0.717, 1.165) is 0 Å². The maximum Gasteiger partial charge on any atom is 0.331 e. The number of halogens is 1. The Morgan fingerprint density at radius 2 is 1.92 bits per heavy atom. The summed E-state index contributed by atoms with van der Waals surface area (Å²) in [7, 11) is 0. The maximum atomic E-state index is 10.5. The van der Waals surface area contributed by atoms with E-state index in [0.29, 0.717) is 13.0 Å². The molecule has 0 spiro atoms. The number of nitrogens with two attached hydrogens (primary N) is 1. The molecule has 0 fully saturated rings. The molecule has 0 aromatic rings. The molecule has 13 heavy (non-hydrogen) atoms. The Balaban J connectivity index is 0. The van der Waals surface area contributed by atoms with Crippen LogP contribution in [0.2, 0.25) is 0 Å². The van der Waals surface area contributed by atoms with Crippen molar-refractivity contribution in [2.75, 3.05) is 12.9 Å². The van der Waals surface area contributed by atoms with Crippen LogP contribution < -0.4 is 5.73 Å². The standard InChI is InChI=1S/C8H15NO2.CH3Cl/c1-6(7(10)11)8(2,3)4-5-9;1-2/h1,4-5,9H2,2-3H3,(H,10,11);1H3. The molecular weight excluding hydrogens is 190 g/mol. The van der Waals surface area contributed by atoms with E-state index in [1.54, 1.807) is 0 Å². The van der Waals surface area contributed by atoms with Crippen molar-refractivity contribution in [3.05, 3.63) is 12.2 Å². The van der Waals surface area contributed by atoms with E-state index in [4.69, 9.17) is 10.8 Å². The summed E-state index contributed by atoms with van der Waals surface area (Å²) in [5.74, 6) is -0.941. The molecule has 0 rings (SSSR count). The number of aliphatic carboxylic acids is 1. The number of carboxylic acid groups (broad SMARTS) is 1. The van der Waals surface area contributed by atoms with Crippen LogP contribution >= 0.6 is 11.6 Å². The second kappa shape index (κ2) is 6.92. The Bertz CT molecular complexity index is 178. The van der Waals surface area contributed by atoms with Gasteiger partial charge >= 0.3 is 5.97 Å². The summed E-state index contributed by atoms with van der Waals surface area (Å²) < 4.78 is 0. The summed E-state index contributed by atoms with van der Waals surface area (Å²) in [5, 5.41) is 8.60. The van der Waals surface area contributed by atoms with Crippen LogP contribution in [0.3, 0.4) is 0 Å². The molecule has 78 valence electrons. The van der Waals surface area contributed by atoms with Crippen LogP contribution in [0.15, 0.2) is 12.2 Å². The lowest BCUT2D eigenvalue weighted by atomic mass is 9.82. The normalized spacial score (nSPS) is 9.92. The molecule has 3 nitrogen and oxygen atoms in total. The highest BCUT2D eigenvalue weighted by molar-refractivity contribution is 6.15. The zero-order chi connectivity index (χ0) is 11.1. The van der Waals surface area contributed by atoms with E-state index in [1.807, 2.05) is 13.8 Å². The van der Waals surface area contributed by atoms with Gasteiger partial charge in [-0.1, -0.05) is 20.4 Å². The quantitative estimate of drug-likeness (QED) is 0.547. The first-order chi connectivity index (χ1) is 5.91. The van der Waals surface area contributed by atoms with Gasteiger partial charge in [0.25, 0.3) is 0 Å². The smallest absolute Gasteiger partial charge is 0.331 e. The number of rotatable bonds is 4. The van der Waals surface area contributed by atoms with Crippen molar-refractivity contribution in [3.63, 3.8) is 0 Å². The van der Waals surface area contributed by atoms with Crippen LogP contribution in [0.25, 0.3) is 0 Å². The molecule has 0 saturated carbocycles. The summed E-state index contributed by atoms with van der Waals surface area (Å²) in [5.41, 5.74) is 5.16. The third-order valence-electron chi connectivity index (χ3n) is 1.84. The number of hydrogen-bond donors (Lipinski definition) is 2. The lowest BCUT2D eigenvalue weighted by Gasteiger charge is -2.23. The molecule has 0 saturated heterocycles. The highest BCUT2D eigenvalue weighted by Gasteiger charge is 2.25. The molecule has 0 aliphatic rings. The first kappa shape index (κ1) is 15.0. The average molecular weight is 208 g/mol. The van der Waals surface area contributed by atoms with Crippen LogP contribution in [0, 0.1) is 5.41 Å². The lowest BCUT2D eigenvalue weighted by Crippen LogP contribution is -2.23. The summed E-state index contributed by atoms with van der Waals surface area (Å²) in [6.07, 6.45) is 2.12. The number of carbonyl (C=O) groups is 1. The Hall–Kier alpha value is -0.540. The molecule has 0 atom stereocenters. The molecule has 0 aromatic carbocycles. The van der Waals surface area contributed by atoms with Crippen molar-refractivity contribution in [3.8, 4) is 0 Å². The summed E-state index contributed by atoms with van der Waals surface area (Å²) in [4.78, 5) is 10.5. The van der Waals surface area contributed by atoms with Gasteiger partial charge in [0.2, 0.25) is 0 Å². The van der Waals surface area contributed by atoms with Crippen LogP contribution in [-0.2, 0) is 4.79 Å². The Labute approximate surface area is 84.6 Å². The van der Waals surface area contributed by atoms with Gasteiger partial charge in [0.15, 0.2) is 0 Å². The van der Waals surface area contributed by atoms with Gasteiger partial charge in [0.1, 0.15) is 0 Å². The Kier molecular flexibility index (Phi) is 7.96. The molecule has 4 heteroatoms. The van der Waals surface area contributed by atoms with Crippen LogP contribution in [0.4, 0.5) is 0 Å². The fourth-order valence-corrected chi connectivity index (χ4v) is 0.801. The minimum Gasteiger partial charge on any atom is -0.478 e. The highest BCUT2D eigenvalue weighted by Crippen LogP contribution is 2.28. The van der Waals surface area contributed by atoms with E-state index in [9.17, 15) is 4.79 Å². The molecule has 0 amide bonds. The van der Waals surface area contributed by atoms with Gasteiger partial charge in [-0.05, 0) is 18.4 Å². The molecule has 3 N–H and O–H groups in total. The predicted octanol–water partition coefficient (Wildman–Crippen LogP) is 1.86. The summed E-state index contributed by atoms with van der Waals surface area (Å²) in [6, 6.07) is 0. The molecule has 0 aliphatic heterocycles. The zero-order valence-electron chi connectivity index (χ0n) is 8.43. The fourth-order valence-electron chi connectivity index (χ4n) is 0.801. The van der Waals surface area contributed by atoms with E-state index in [2.05, 4.69) is 18.2 Å². The van der Waals surface area contributed by atoms with E-state index in [-0.39, 0.29) is 11.0 Å². The van der Waals surface area contributed by atoms with Gasteiger partial charge < -0.3 is 10.8 Å². The molecule has 0 heterocycles. The third kappa shape index (κ3) is 5.66. The fraction of sp³-hybridized carbons (Fsp3) is 0.667. The SMILES string of the molecule is C=C(C(=O)O)C(C)(C)CCN.CCl. The van der Waals surface area contributed by atoms with Gasteiger partial charge in [-0.3, -0.25) is 0 Å². The molecule has 0 aliphatic carbocycles. The molecule has 0 bridgehead atoms. The second-order valence-electron chi connectivity index (χ2n) is 3.21. The van der Waals surface area contributed by atoms with Gasteiger partial charge in [-0.2, -0.15) is 0 Å². The first-order valence-electron chi connectivity index (χ1n) is 3.92. The third-order valence-corrected chi connectivity index (χ3v) is 1.84. The molecule has 0 radical (unpaired) electrons. The number of carboxylic acids is 1. The van der Waals surface area contributed by atoms with Gasteiger partial charge in [-0.25, -0.2) is 4.79 Å². The topological polar surface area (TPSA) is 63.3 Å². The second-order valence-corrected chi connectivity index (χ2v) is 3.21. The van der Waals surface area contributed by atoms with Crippen LogP contribution in [0.1, 0.15) is 20.3 Å². The van der Waals surface area contributed by atoms with Gasteiger partial charge in [0, 0.05) is 12.0 Å². The van der Waals surface area contributed by atoms with Gasteiger partial charge in [-0.15, -0.1) is 11.6 Å². The molecular formula is C9H18ClNO2. The highest BCUT2D eigenvalue weighted by atomic mass is 35.5. The van der Waals surface area contributed by atoms with Crippen molar-refractivity contribution in [2.24, 2.45) is 11.1 Å². The van der Waals surface area contributed by atoms with Crippen molar-refractivity contribution in [1.82, 2.24) is 0 Å². The lowest BCUT2D eigenvalue weighted by molar-refractivity contribution is -0.133. The van der Waals surface area contributed by atoms with E-state index >= 15 is 0 Å². The summed E-state index contributed by atoms with van der Waals surface area (Å²) in [6.45, 7) is 7.63. The van der Waals surface area contributed by atoms with Crippen molar-refractivity contribution in [2.45, 2.75) is 20.3 Å². The summed E-state index contributed by atoms with van der Waals surface area (Å²) >= 11 is 4.64.